The van der Waals surface area contributed by atoms with Crippen molar-refractivity contribution in [3.8, 4) is 11.1 Å². The van der Waals surface area contributed by atoms with Crippen molar-refractivity contribution in [2.75, 3.05) is 0 Å². The summed E-state index contributed by atoms with van der Waals surface area (Å²) in [6.07, 6.45) is 1.70. The smallest absolute Gasteiger partial charge is 0.407 e. The third-order valence-corrected chi connectivity index (χ3v) is 5.82. The fourth-order valence-corrected chi connectivity index (χ4v) is 4.47. The second-order valence-corrected chi connectivity index (χ2v) is 9.33. The standard InChI is InChI=1S/C24H26ClN3O3/c1-24(2,3)31-23(30)27-13-8-11-19-17(12-13)20-15(14-6-4-5-7-18(14)25)9-10-16(22(26)29)21(20)28-19/h4-7,9-10,13,28H,8,11-12H2,1-3H3,(H2,26,29)(H,27,30). The lowest BCUT2D eigenvalue weighted by atomic mass is 9.88. The molecule has 3 aromatic rings. The van der Waals surface area contributed by atoms with E-state index in [0.717, 1.165) is 40.6 Å². The Morgan fingerprint density at radius 3 is 2.58 bits per heavy atom. The number of halogens is 1. The van der Waals surface area contributed by atoms with E-state index >= 15 is 0 Å². The molecule has 0 saturated carbocycles. The van der Waals surface area contributed by atoms with E-state index in [-0.39, 0.29) is 6.04 Å². The molecule has 0 fully saturated rings. The molecule has 0 spiro atoms. The number of carbonyl (C=O) groups excluding carboxylic acids is 2. The highest BCUT2D eigenvalue weighted by molar-refractivity contribution is 6.33. The number of amides is 2. The number of rotatable bonds is 3. The van der Waals surface area contributed by atoms with Gasteiger partial charge in [-0.05, 0) is 63.3 Å². The molecule has 0 aliphatic heterocycles. The number of aryl methyl sites for hydroxylation is 1. The number of hydrogen-bond donors (Lipinski definition) is 3. The number of hydrogen-bond acceptors (Lipinski definition) is 3. The molecule has 0 radical (unpaired) electrons. The number of nitrogens with one attached hydrogen (secondary N) is 2. The molecule has 0 bridgehead atoms. The fourth-order valence-electron chi connectivity index (χ4n) is 4.24. The highest BCUT2D eigenvalue weighted by Gasteiger charge is 2.28. The fraction of sp³-hybridized carbons (Fsp3) is 0.333. The summed E-state index contributed by atoms with van der Waals surface area (Å²) < 4.78 is 5.42. The quantitative estimate of drug-likeness (QED) is 0.537. The maximum absolute atomic E-state index is 12.3. The van der Waals surface area contributed by atoms with Crippen molar-refractivity contribution in [2.45, 2.75) is 51.7 Å². The Balaban J connectivity index is 1.79. The van der Waals surface area contributed by atoms with Gasteiger partial charge in [-0.3, -0.25) is 4.79 Å². The molecule has 2 aromatic carbocycles. The molecule has 7 heteroatoms. The van der Waals surface area contributed by atoms with Gasteiger partial charge in [0.25, 0.3) is 5.91 Å². The van der Waals surface area contributed by atoms with Crippen molar-refractivity contribution in [1.82, 2.24) is 10.3 Å². The van der Waals surface area contributed by atoms with Gasteiger partial charge in [0.1, 0.15) is 5.60 Å². The van der Waals surface area contributed by atoms with Gasteiger partial charge in [0.2, 0.25) is 0 Å². The molecular weight excluding hydrogens is 414 g/mol. The molecule has 1 unspecified atom stereocenters. The lowest BCUT2D eigenvalue weighted by molar-refractivity contribution is 0.0500. The topological polar surface area (TPSA) is 97.2 Å². The molecule has 0 saturated heterocycles. The summed E-state index contributed by atoms with van der Waals surface area (Å²) in [7, 11) is 0. The van der Waals surface area contributed by atoms with Gasteiger partial charge in [-0.1, -0.05) is 35.9 Å². The maximum Gasteiger partial charge on any atom is 0.407 e. The third-order valence-electron chi connectivity index (χ3n) is 5.49. The Labute approximate surface area is 186 Å². The van der Waals surface area contributed by atoms with Gasteiger partial charge in [-0.2, -0.15) is 0 Å². The zero-order valence-electron chi connectivity index (χ0n) is 17.8. The molecule has 1 aliphatic rings. The minimum Gasteiger partial charge on any atom is -0.444 e. The van der Waals surface area contributed by atoms with Crippen LogP contribution in [0.15, 0.2) is 36.4 Å². The summed E-state index contributed by atoms with van der Waals surface area (Å²) >= 11 is 6.50. The van der Waals surface area contributed by atoms with E-state index in [2.05, 4.69) is 10.3 Å². The van der Waals surface area contributed by atoms with E-state index in [1.807, 2.05) is 51.1 Å². The number of fused-ring (bicyclic) bond motifs is 3. The largest absolute Gasteiger partial charge is 0.444 e. The van der Waals surface area contributed by atoms with Gasteiger partial charge in [0, 0.05) is 27.7 Å². The summed E-state index contributed by atoms with van der Waals surface area (Å²) in [6, 6.07) is 11.2. The third kappa shape index (κ3) is 4.26. The minimum atomic E-state index is -0.557. The highest BCUT2D eigenvalue weighted by Crippen LogP contribution is 2.40. The van der Waals surface area contributed by atoms with Crippen LogP contribution in [0.2, 0.25) is 5.02 Å². The van der Waals surface area contributed by atoms with Crippen molar-refractivity contribution < 1.29 is 14.3 Å². The number of aromatic amines is 1. The number of aromatic nitrogens is 1. The number of alkyl carbamates (subject to hydrolysis) is 1. The summed E-state index contributed by atoms with van der Waals surface area (Å²) in [5.41, 5.74) is 10.2. The van der Waals surface area contributed by atoms with E-state index in [1.54, 1.807) is 6.07 Å². The van der Waals surface area contributed by atoms with E-state index in [1.165, 1.54) is 0 Å². The van der Waals surface area contributed by atoms with Gasteiger partial charge < -0.3 is 20.8 Å². The second kappa shape index (κ2) is 7.93. The molecule has 162 valence electrons. The van der Waals surface area contributed by atoms with Crippen LogP contribution in [0.3, 0.4) is 0 Å². The molecule has 1 aliphatic carbocycles. The van der Waals surface area contributed by atoms with Crippen LogP contribution in [0.4, 0.5) is 4.79 Å². The van der Waals surface area contributed by atoms with Crippen LogP contribution in [-0.2, 0) is 17.6 Å². The molecule has 6 nitrogen and oxygen atoms in total. The molecule has 31 heavy (non-hydrogen) atoms. The Morgan fingerprint density at radius 1 is 1.16 bits per heavy atom. The van der Waals surface area contributed by atoms with Crippen LogP contribution >= 0.6 is 11.6 Å². The number of primary amides is 1. The first-order valence-corrected chi connectivity index (χ1v) is 10.7. The average molecular weight is 440 g/mol. The number of benzene rings is 2. The molecule has 4 N–H and O–H groups in total. The van der Waals surface area contributed by atoms with Gasteiger partial charge in [-0.15, -0.1) is 0 Å². The number of ether oxygens (including phenoxy) is 1. The van der Waals surface area contributed by atoms with Gasteiger partial charge >= 0.3 is 6.09 Å². The van der Waals surface area contributed by atoms with Gasteiger partial charge in [-0.25, -0.2) is 4.79 Å². The summed E-state index contributed by atoms with van der Waals surface area (Å²) in [5.74, 6) is -0.488. The summed E-state index contributed by atoms with van der Waals surface area (Å²) in [6.45, 7) is 5.52. The predicted octanol–water partition coefficient (Wildman–Crippen LogP) is 4.97. The lowest BCUT2D eigenvalue weighted by Gasteiger charge is -2.26. The lowest BCUT2D eigenvalue weighted by Crippen LogP contribution is -2.41. The Hall–Kier alpha value is -2.99. The maximum atomic E-state index is 12.3. The van der Waals surface area contributed by atoms with E-state index in [9.17, 15) is 9.59 Å². The van der Waals surface area contributed by atoms with Crippen molar-refractivity contribution >= 4 is 34.5 Å². The first kappa shape index (κ1) is 21.2. The van der Waals surface area contributed by atoms with Crippen molar-refractivity contribution in [3.63, 3.8) is 0 Å². The van der Waals surface area contributed by atoms with E-state index in [0.29, 0.717) is 22.5 Å². The van der Waals surface area contributed by atoms with E-state index in [4.69, 9.17) is 22.1 Å². The first-order chi connectivity index (χ1) is 14.6. The van der Waals surface area contributed by atoms with Gasteiger partial charge in [0.05, 0.1) is 11.1 Å². The highest BCUT2D eigenvalue weighted by atomic mass is 35.5. The normalized spacial score (nSPS) is 16.1. The van der Waals surface area contributed by atoms with Crippen LogP contribution in [-0.4, -0.2) is 28.6 Å². The van der Waals surface area contributed by atoms with Crippen LogP contribution in [0.5, 0.6) is 0 Å². The Morgan fingerprint density at radius 2 is 1.90 bits per heavy atom. The molecule has 1 atom stereocenters. The summed E-state index contributed by atoms with van der Waals surface area (Å²) in [4.78, 5) is 27.8. The monoisotopic (exact) mass is 439 g/mol. The van der Waals surface area contributed by atoms with Crippen molar-refractivity contribution in [3.05, 3.63) is 58.2 Å². The first-order valence-electron chi connectivity index (χ1n) is 10.3. The van der Waals surface area contributed by atoms with Crippen LogP contribution in [0.1, 0.15) is 48.8 Å². The zero-order valence-corrected chi connectivity index (χ0v) is 18.6. The Kier molecular flexibility index (Phi) is 5.43. The zero-order chi connectivity index (χ0) is 22.3. The van der Waals surface area contributed by atoms with Crippen molar-refractivity contribution in [2.24, 2.45) is 5.73 Å². The molecular formula is C24H26ClN3O3. The predicted molar refractivity (Wildman–Crippen MR) is 122 cm³/mol. The number of H-pyrrole nitrogens is 1. The Bertz CT molecular complexity index is 1180. The average Bonchev–Trinajstić information content (AvgIpc) is 3.05. The van der Waals surface area contributed by atoms with Crippen molar-refractivity contribution in [1.29, 1.82) is 0 Å². The molecule has 4 rings (SSSR count). The molecule has 1 aromatic heterocycles. The van der Waals surface area contributed by atoms with Gasteiger partial charge in [0.15, 0.2) is 0 Å². The van der Waals surface area contributed by atoms with Crippen LogP contribution in [0, 0.1) is 0 Å². The molecule has 2 amide bonds. The summed E-state index contributed by atoms with van der Waals surface area (Å²) in [5, 5.41) is 4.54. The minimum absolute atomic E-state index is 0.0716. The molecule has 1 heterocycles. The number of carbonyl (C=O) groups is 2. The number of nitrogens with two attached hydrogens (primary N) is 1. The van der Waals surface area contributed by atoms with Crippen LogP contribution in [0.25, 0.3) is 22.0 Å². The van der Waals surface area contributed by atoms with E-state index < -0.39 is 17.6 Å². The van der Waals surface area contributed by atoms with Crippen LogP contribution < -0.4 is 11.1 Å². The SMILES string of the molecule is CC(C)(C)OC(=O)NC1CCc2[nH]c3c(C(N)=O)ccc(-c4ccccc4Cl)c3c2C1. The second-order valence-electron chi connectivity index (χ2n) is 8.92.